The van der Waals surface area contributed by atoms with E-state index in [9.17, 15) is 0 Å². The second kappa shape index (κ2) is 6.42. The second-order valence-electron chi connectivity index (χ2n) is 5.92. The fraction of sp³-hybridized carbons (Fsp3) is 0.211. The number of aryl methyl sites for hydroxylation is 3. The lowest BCUT2D eigenvalue weighted by Gasteiger charge is -2.11. The number of benzene rings is 2. The van der Waals surface area contributed by atoms with Gasteiger partial charge in [-0.15, -0.1) is 0 Å². The summed E-state index contributed by atoms with van der Waals surface area (Å²) in [7, 11) is 2.09. The zero-order chi connectivity index (χ0) is 16.4. The van der Waals surface area contributed by atoms with Crippen molar-refractivity contribution in [2.75, 3.05) is 5.32 Å². The van der Waals surface area contributed by atoms with Crippen molar-refractivity contribution in [3.8, 4) is 0 Å². The summed E-state index contributed by atoms with van der Waals surface area (Å²) in [5.74, 6) is 0. The first-order chi connectivity index (χ1) is 11.0. The van der Waals surface area contributed by atoms with E-state index in [4.69, 9.17) is 12.2 Å². The highest BCUT2D eigenvalue weighted by molar-refractivity contribution is 7.80. The molecule has 0 aliphatic rings. The molecular formula is C19H21N3S. The summed E-state index contributed by atoms with van der Waals surface area (Å²) >= 11 is 5.37. The Kier molecular flexibility index (Phi) is 4.35. The molecule has 0 saturated carbocycles. The molecule has 0 saturated heterocycles. The summed E-state index contributed by atoms with van der Waals surface area (Å²) in [6, 6.07) is 16.9. The van der Waals surface area contributed by atoms with Crippen LogP contribution in [0.3, 0.4) is 0 Å². The lowest BCUT2D eigenvalue weighted by molar-refractivity contribution is 0.913. The van der Waals surface area contributed by atoms with Crippen LogP contribution in [0, 0.1) is 13.8 Å². The fourth-order valence-electron chi connectivity index (χ4n) is 2.73. The molecule has 2 aromatic carbocycles. The van der Waals surface area contributed by atoms with Gasteiger partial charge < -0.3 is 15.2 Å². The zero-order valence-electron chi connectivity index (χ0n) is 13.7. The summed E-state index contributed by atoms with van der Waals surface area (Å²) in [5.41, 5.74) is 5.96. The topological polar surface area (TPSA) is 29.0 Å². The number of hydrogen-bond donors (Lipinski definition) is 2. The molecule has 2 N–H and O–H groups in total. The summed E-state index contributed by atoms with van der Waals surface area (Å²) in [6.45, 7) is 4.90. The number of fused-ring (bicyclic) bond motifs is 1. The van der Waals surface area contributed by atoms with Crippen LogP contribution in [0.4, 0.5) is 5.69 Å². The molecule has 3 rings (SSSR count). The van der Waals surface area contributed by atoms with E-state index in [-0.39, 0.29) is 0 Å². The molecule has 3 aromatic rings. The number of thiocarbonyl (C=S) groups is 1. The smallest absolute Gasteiger partial charge is 0.171 e. The first-order valence-electron chi connectivity index (χ1n) is 7.69. The quantitative estimate of drug-likeness (QED) is 0.705. The van der Waals surface area contributed by atoms with Gasteiger partial charge in [0.05, 0.1) is 0 Å². The van der Waals surface area contributed by atoms with Crippen molar-refractivity contribution >= 4 is 33.9 Å². The van der Waals surface area contributed by atoms with E-state index in [1.54, 1.807) is 0 Å². The molecule has 0 spiro atoms. The summed E-state index contributed by atoms with van der Waals surface area (Å²) in [6.07, 6.45) is 0. The van der Waals surface area contributed by atoms with Crippen LogP contribution in [0.15, 0.2) is 48.5 Å². The second-order valence-corrected chi connectivity index (χ2v) is 6.32. The van der Waals surface area contributed by atoms with Crippen molar-refractivity contribution in [1.29, 1.82) is 0 Å². The number of aromatic nitrogens is 1. The average Bonchev–Trinajstić information content (AvgIpc) is 2.80. The zero-order valence-corrected chi connectivity index (χ0v) is 14.5. The molecule has 0 radical (unpaired) electrons. The maximum atomic E-state index is 5.37. The maximum Gasteiger partial charge on any atom is 0.171 e. The molecule has 0 amide bonds. The van der Waals surface area contributed by atoms with Crippen LogP contribution in [-0.2, 0) is 13.6 Å². The molecule has 1 aromatic heterocycles. The van der Waals surface area contributed by atoms with Gasteiger partial charge in [0, 0.05) is 35.9 Å². The number of anilines is 1. The highest BCUT2D eigenvalue weighted by Crippen LogP contribution is 2.19. The Morgan fingerprint density at radius 3 is 2.70 bits per heavy atom. The molecule has 0 aliphatic heterocycles. The monoisotopic (exact) mass is 323 g/mol. The van der Waals surface area contributed by atoms with E-state index in [0.29, 0.717) is 11.7 Å². The van der Waals surface area contributed by atoms with Crippen LogP contribution < -0.4 is 10.6 Å². The minimum atomic E-state index is 0.639. The summed E-state index contributed by atoms with van der Waals surface area (Å²) < 4.78 is 2.20. The normalized spacial score (nSPS) is 10.7. The molecule has 0 aliphatic carbocycles. The van der Waals surface area contributed by atoms with Gasteiger partial charge in [0.1, 0.15) is 0 Å². The van der Waals surface area contributed by atoms with Gasteiger partial charge in [0.15, 0.2) is 5.11 Å². The number of nitrogens with zero attached hydrogens (tertiary/aromatic N) is 1. The number of nitrogens with one attached hydrogen (secondary N) is 2. The Bertz CT molecular complexity index is 864. The maximum absolute atomic E-state index is 5.37. The van der Waals surface area contributed by atoms with Crippen LogP contribution in [0.2, 0.25) is 0 Å². The van der Waals surface area contributed by atoms with E-state index in [0.717, 1.165) is 5.69 Å². The molecule has 3 nitrogen and oxygen atoms in total. The van der Waals surface area contributed by atoms with Gasteiger partial charge in [-0.25, -0.2) is 0 Å². The van der Waals surface area contributed by atoms with Gasteiger partial charge in [0.25, 0.3) is 0 Å². The first-order valence-corrected chi connectivity index (χ1v) is 8.10. The van der Waals surface area contributed by atoms with Gasteiger partial charge in [-0.05, 0) is 67.5 Å². The van der Waals surface area contributed by atoms with E-state index in [1.807, 2.05) is 12.1 Å². The molecular weight excluding hydrogens is 302 g/mol. The van der Waals surface area contributed by atoms with Crippen molar-refractivity contribution in [1.82, 2.24) is 9.88 Å². The van der Waals surface area contributed by atoms with Gasteiger partial charge in [-0.1, -0.05) is 18.2 Å². The highest BCUT2D eigenvalue weighted by atomic mass is 32.1. The fourth-order valence-corrected chi connectivity index (χ4v) is 2.92. The van der Waals surface area contributed by atoms with E-state index < -0.39 is 0 Å². The van der Waals surface area contributed by atoms with Gasteiger partial charge in [-0.2, -0.15) is 0 Å². The molecule has 4 heteroatoms. The third-order valence-electron chi connectivity index (χ3n) is 4.08. The number of rotatable bonds is 3. The van der Waals surface area contributed by atoms with Gasteiger partial charge >= 0.3 is 0 Å². The van der Waals surface area contributed by atoms with Crippen molar-refractivity contribution in [3.63, 3.8) is 0 Å². The Balaban J connectivity index is 1.64. The molecule has 0 bridgehead atoms. The SMILES string of the molecule is Cc1cccc(NC(=S)NCc2ccc3c(c2)cc(C)n3C)c1. The van der Waals surface area contributed by atoms with Crippen LogP contribution >= 0.6 is 12.2 Å². The van der Waals surface area contributed by atoms with E-state index in [2.05, 4.69) is 72.5 Å². The number of hydrogen-bond acceptors (Lipinski definition) is 1. The highest BCUT2D eigenvalue weighted by Gasteiger charge is 2.04. The van der Waals surface area contributed by atoms with E-state index in [1.165, 1.54) is 27.7 Å². The Morgan fingerprint density at radius 2 is 1.91 bits per heavy atom. The molecule has 0 atom stereocenters. The molecule has 1 heterocycles. The standard InChI is InChI=1S/C19H21N3S/c1-13-5-4-6-17(9-13)21-19(23)20-12-15-7-8-18-16(11-15)10-14(2)22(18)3/h4-11H,12H2,1-3H3,(H2,20,21,23). The molecule has 118 valence electrons. The van der Waals surface area contributed by atoms with Crippen LogP contribution in [0.25, 0.3) is 10.9 Å². The summed E-state index contributed by atoms with van der Waals surface area (Å²) in [5, 5.41) is 8.39. The Morgan fingerprint density at radius 1 is 1.09 bits per heavy atom. The third kappa shape index (κ3) is 3.54. The molecule has 0 unspecified atom stereocenters. The predicted molar refractivity (Wildman–Crippen MR) is 102 cm³/mol. The van der Waals surface area contributed by atoms with Crippen LogP contribution in [-0.4, -0.2) is 9.68 Å². The lowest BCUT2D eigenvalue weighted by Crippen LogP contribution is -2.27. The molecule has 0 fully saturated rings. The average molecular weight is 323 g/mol. The predicted octanol–water partition coefficient (Wildman–Crippen LogP) is 4.28. The van der Waals surface area contributed by atoms with Crippen molar-refractivity contribution in [3.05, 3.63) is 65.4 Å². The largest absolute Gasteiger partial charge is 0.358 e. The van der Waals surface area contributed by atoms with Gasteiger partial charge in [-0.3, -0.25) is 0 Å². The first kappa shape index (κ1) is 15.6. The van der Waals surface area contributed by atoms with Crippen molar-refractivity contribution in [2.45, 2.75) is 20.4 Å². The third-order valence-corrected chi connectivity index (χ3v) is 4.32. The minimum Gasteiger partial charge on any atom is -0.358 e. The summed E-state index contributed by atoms with van der Waals surface area (Å²) in [4.78, 5) is 0. The Hall–Kier alpha value is -2.33. The van der Waals surface area contributed by atoms with Gasteiger partial charge in [0.2, 0.25) is 0 Å². The molecule has 23 heavy (non-hydrogen) atoms. The lowest BCUT2D eigenvalue weighted by atomic mass is 10.1. The van der Waals surface area contributed by atoms with Crippen LogP contribution in [0.1, 0.15) is 16.8 Å². The minimum absolute atomic E-state index is 0.639. The Labute approximate surface area is 142 Å². The van der Waals surface area contributed by atoms with E-state index >= 15 is 0 Å². The van der Waals surface area contributed by atoms with Crippen molar-refractivity contribution in [2.24, 2.45) is 7.05 Å². The van der Waals surface area contributed by atoms with Crippen molar-refractivity contribution < 1.29 is 0 Å². The van der Waals surface area contributed by atoms with Crippen LogP contribution in [0.5, 0.6) is 0 Å².